The number of unbranched alkanes of at least 4 members (excludes halogenated alkanes) is 4. The van der Waals surface area contributed by atoms with Crippen LogP contribution in [0.15, 0.2) is 48.6 Å². The van der Waals surface area contributed by atoms with Gasteiger partial charge in [0.1, 0.15) is 0 Å². The highest BCUT2D eigenvalue weighted by Crippen LogP contribution is 2.02. The summed E-state index contributed by atoms with van der Waals surface area (Å²) in [6.07, 6.45) is 24.4. The number of aliphatic hydroxyl groups excluding tert-OH is 1. The molecule has 0 saturated carbocycles. The first-order chi connectivity index (χ1) is 11.2. The number of carboxylic acid groups (broad SMARTS) is 1. The Kier molecular flexibility index (Phi) is 15.6. The molecule has 0 aliphatic heterocycles. The number of hydrogen-bond donors (Lipinski definition) is 2. The molecule has 3 nitrogen and oxygen atoms in total. The Morgan fingerprint density at radius 1 is 0.870 bits per heavy atom. The van der Waals surface area contributed by atoms with E-state index in [1.165, 1.54) is 25.7 Å². The predicted octanol–water partition coefficient (Wildman–Crippen LogP) is 5.19. The zero-order chi connectivity index (χ0) is 17.2. The molecule has 0 fully saturated rings. The molecule has 0 heterocycles. The smallest absolute Gasteiger partial charge is 0.332 e. The van der Waals surface area contributed by atoms with Crippen molar-refractivity contribution in [1.82, 2.24) is 0 Å². The van der Waals surface area contributed by atoms with E-state index in [0.29, 0.717) is 12.8 Å². The van der Waals surface area contributed by atoms with Gasteiger partial charge in [0.15, 0.2) is 6.10 Å². The summed E-state index contributed by atoms with van der Waals surface area (Å²) < 4.78 is 0. The average Bonchev–Trinajstić information content (AvgIpc) is 2.54. The summed E-state index contributed by atoms with van der Waals surface area (Å²) in [5, 5.41) is 17.6. The normalized spacial score (nSPS) is 13.8. The van der Waals surface area contributed by atoms with Crippen LogP contribution in [-0.4, -0.2) is 22.3 Å². The van der Waals surface area contributed by atoms with Gasteiger partial charge in [0.2, 0.25) is 0 Å². The molecule has 0 aromatic rings. The van der Waals surface area contributed by atoms with Gasteiger partial charge in [-0.05, 0) is 44.9 Å². The second kappa shape index (κ2) is 16.8. The SMILES string of the molecule is CCCCCC=CCC=CCC=CC=CCCC[C@H](O)C(=O)O. The van der Waals surface area contributed by atoms with Gasteiger partial charge < -0.3 is 10.2 Å². The lowest BCUT2D eigenvalue weighted by molar-refractivity contribution is -0.146. The predicted molar refractivity (Wildman–Crippen MR) is 97.4 cm³/mol. The van der Waals surface area contributed by atoms with Crippen LogP contribution in [0.5, 0.6) is 0 Å². The molecule has 130 valence electrons. The molecule has 2 N–H and O–H groups in total. The number of rotatable bonds is 14. The molecule has 0 spiro atoms. The van der Waals surface area contributed by atoms with E-state index in [0.717, 1.165) is 19.3 Å². The third kappa shape index (κ3) is 16.6. The van der Waals surface area contributed by atoms with Crippen molar-refractivity contribution in [3.63, 3.8) is 0 Å². The van der Waals surface area contributed by atoms with Gasteiger partial charge in [-0.15, -0.1) is 0 Å². The van der Waals surface area contributed by atoms with Crippen LogP contribution in [0.2, 0.25) is 0 Å². The number of aliphatic hydroxyl groups is 1. The zero-order valence-corrected chi connectivity index (χ0v) is 14.4. The third-order valence-corrected chi connectivity index (χ3v) is 3.37. The largest absolute Gasteiger partial charge is 0.479 e. The molecule has 0 aromatic carbocycles. The molecule has 0 rings (SSSR count). The number of aliphatic carboxylic acids is 1. The standard InChI is InChI=1S/C20H32O3/c1-2-3-4-5-6-7-8-9-10-11-12-13-14-15-16-17-18-19(21)20(22)23/h6-7,9-10,12-15,19,21H,2-5,8,11,16-18H2,1H3,(H,22,23)/t19-/m0/s1. The van der Waals surface area contributed by atoms with Crippen LogP contribution < -0.4 is 0 Å². The summed E-state index contributed by atoms with van der Waals surface area (Å²) in [7, 11) is 0. The van der Waals surface area contributed by atoms with Crippen LogP contribution in [0.1, 0.15) is 64.7 Å². The van der Waals surface area contributed by atoms with E-state index in [-0.39, 0.29) is 0 Å². The Morgan fingerprint density at radius 2 is 1.48 bits per heavy atom. The molecule has 0 aliphatic carbocycles. The van der Waals surface area contributed by atoms with Crippen molar-refractivity contribution in [2.45, 2.75) is 70.8 Å². The summed E-state index contributed by atoms with van der Waals surface area (Å²) in [5.41, 5.74) is 0. The minimum absolute atomic E-state index is 0.304. The summed E-state index contributed by atoms with van der Waals surface area (Å²) in [6, 6.07) is 0. The Hall–Kier alpha value is -1.61. The second-order valence-corrected chi connectivity index (χ2v) is 5.55. The maximum absolute atomic E-state index is 10.4. The summed E-state index contributed by atoms with van der Waals surface area (Å²) in [4.78, 5) is 10.4. The van der Waals surface area contributed by atoms with E-state index in [2.05, 4.69) is 37.3 Å². The molecule has 0 aromatic heterocycles. The van der Waals surface area contributed by atoms with Crippen molar-refractivity contribution in [1.29, 1.82) is 0 Å². The van der Waals surface area contributed by atoms with E-state index in [1.54, 1.807) is 0 Å². The van der Waals surface area contributed by atoms with Crippen molar-refractivity contribution < 1.29 is 15.0 Å². The average molecular weight is 320 g/mol. The molecule has 0 bridgehead atoms. The first-order valence-electron chi connectivity index (χ1n) is 8.71. The Morgan fingerprint density at radius 3 is 2.17 bits per heavy atom. The Balaban J connectivity index is 3.50. The van der Waals surface area contributed by atoms with Crippen molar-refractivity contribution in [3.05, 3.63) is 48.6 Å². The van der Waals surface area contributed by atoms with Crippen molar-refractivity contribution >= 4 is 5.97 Å². The van der Waals surface area contributed by atoms with Gasteiger partial charge in [-0.25, -0.2) is 4.79 Å². The van der Waals surface area contributed by atoms with Crippen molar-refractivity contribution in [3.8, 4) is 0 Å². The third-order valence-electron chi connectivity index (χ3n) is 3.37. The minimum atomic E-state index is -1.23. The first-order valence-corrected chi connectivity index (χ1v) is 8.71. The summed E-state index contributed by atoms with van der Waals surface area (Å²) in [5.74, 6) is -1.14. The second-order valence-electron chi connectivity index (χ2n) is 5.55. The van der Waals surface area contributed by atoms with Crippen LogP contribution >= 0.6 is 0 Å². The zero-order valence-electron chi connectivity index (χ0n) is 14.4. The van der Waals surface area contributed by atoms with E-state index >= 15 is 0 Å². The highest BCUT2D eigenvalue weighted by molar-refractivity contribution is 5.71. The van der Waals surface area contributed by atoms with Crippen LogP contribution in [0.3, 0.4) is 0 Å². The number of carboxylic acids is 1. The summed E-state index contributed by atoms with van der Waals surface area (Å²) in [6.45, 7) is 2.22. The number of allylic oxidation sites excluding steroid dienone is 8. The molecule has 0 aliphatic rings. The van der Waals surface area contributed by atoms with Gasteiger partial charge in [-0.1, -0.05) is 68.4 Å². The molecule has 23 heavy (non-hydrogen) atoms. The van der Waals surface area contributed by atoms with Gasteiger partial charge in [0.25, 0.3) is 0 Å². The van der Waals surface area contributed by atoms with Gasteiger partial charge in [0, 0.05) is 0 Å². The topological polar surface area (TPSA) is 57.5 Å². The molecular formula is C20H32O3. The van der Waals surface area contributed by atoms with Gasteiger partial charge >= 0.3 is 5.97 Å². The number of hydrogen-bond acceptors (Lipinski definition) is 2. The fourth-order valence-electron chi connectivity index (χ4n) is 1.96. The quantitative estimate of drug-likeness (QED) is 0.263. The van der Waals surface area contributed by atoms with Gasteiger partial charge in [-0.2, -0.15) is 0 Å². The van der Waals surface area contributed by atoms with Crippen molar-refractivity contribution in [2.24, 2.45) is 0 Å². The monoisotopic (exact) mass is 320 g/mol. The lowest BCUT2D eigenvalue weighted by Gasteiger charge is -2.01. The van der Waals surface area contributed by atoms with Gasteiger partial charge in [0.05, 0.1) is 0 Å². The molecular weight excluding hydrogens is 288 g/mol. The first kappa shape index (κ1) is 21.4. The highest BCUT2D eigenvalue weighted by atomic mass is 16.4. The fourth-order valence-corrected chi connectivity index (χ4v) is 1.96. The Bertz CT molecular complexity index is 392. The van der Waals surface area contributed by atoms with E-state index in [4.69, 9.17) is 10.2 Å². The van der Waals surface area contributed by atoms with Crippen molar-refractivity contribution in [2.75, 3.05) is 0 Å². The molecule has 1 atom stereocenters. The van der Waals surface area contributed by atoms with Crippen LogP contribution in [0, 0.1) is 0 Å². The fraction of sp³-hybridized carbons (Fsp3) is 0.550. The van der Waals surface area contributed by atoms with Crippen LogP contribution in [-0.2, 0) is 4.79 Å². The minimum Gasteiger partial charge on any atom is -0.479 e. The lowest BCUT2D eigenvalue weighted by Crippen LogP contribution is -2.18. The molecule has 0 unspecified atom stereocenters. The Labute approximate surface area is 141 Å². The van der Waals surface area contributed by atoms with Crippen LogP contribution in [0.25, 0.3) is 0 Å². The molecule has 0 radical (unpaired) electrons. The molecule has 0 saturated heterocycles. The summed E-state index contributed by atoms with van der Waals surface area (Å²) >= 11 is 0. The molecule has 3 heteroatoms. The van der Waals surface area contributed by atoms with E-state index < -0.39 is 12.1 Å². The van der Waals surface area contributed by atoms with E-state index in [9.17, 15) is 4.79 Å². The van der Waals surface area contributed by atoms with Crippen LogP contribution in [0.4, 0.5) is 0 Å². The van der Waals surface area contributed by atoms with E-state index in [1.807, 2.05) is 18.2 Å². The maximum atomic E-state index is 10.4. The highest BCUT2D eigenvalue weighted by Gasteiger charge is 2.10. The lowest BCUT2D eigenvalue weighted by atomic mass is 10.1. The molecule has 0 amide bonds. The van der Waals surface area contributed by atoms with Gasteiger partial charge in [-0.3, -0.25) is 0 Å². The number of carbonyl (C=O) groups is 1. The maximum Gasteiger partial charge on any atom is 0.332 e.